The maximum absolute atomic E-state index is 12.0. The zero-order chi connectivity index (χ0) is 19.7. The lowest BCUT2D eigenvalue weighted by Crippen LogP contribution is -2.63. The fourth-order valence-corrected chi connectivity index (χ4v) is 3.69. The van der Waals surface area contributed by atoms with E-state index in [1.54, 1.807) is 6.20 Å². The van der Waals surface area contributed by atoms with Gasteiger partial charge >= 0.3 is 0 Å². The summed E-state index contributed by atoms with van der Waals surface area (Å²) >= 11 is 0. The van der Waals surface area contributed by atoms with Crippen molar-refractivity contribution in [1.29, 1.82) is 0 Å². The molecular weight excluding hydrogens is 336 g/mol. The van der Waals surface area contributed by atoms with Gasteiger partial charge in [-0.25, -0.2) is 4.98 Å². The molecule has 4 nitrogen and oxygen atoms in total. The highest BCUT2D eigenvalue weighted by atomic mass is 16.5. The second-order valence-corrected chi connectivity index (χ2v) is 8.74. The van der Waals surface area contributed by atoms with Crippen molar-refractivity contribution in [1.82, 2.24) is 10.3 Å². The summed E-state index contributed by atoms with van der Waals surface area (Å²) in [4.78, 5) is 4.33. The molecule has 0 saturated carbocycles. The first-order valence-corrected chi connectivity index (χ1v) is 9.89. The van der Waals surface area contributed by atoms with Gasteiger partial charge in [0, 0.05) is 30.8 Å². The molecule has 0 aliphatic carbocycles. The maximum atomic E-state index is 12.0. The fraction of sp³-hybridized carbons (Fsp3) is 0.522. The summed E-state index contributed by atoms with van der Waals surface area (Å²) in [6.07, 6.45) is 1.73. The van der Waals surface area contributed by atoms with Crippen LogP contribution in [0.1, 0.15) is 57.2 Å². The van der Waals surface area contributed by atoms with E-state index in [2.05, 4.69) is 69.2 Å². The van der Waals surface area contributed by atoms with Crippen molar-refractivity contribution in [2.45, 2.75) is 46.1 Å². The summed E-state index contributed by atoms with van der Waals surface area (Å²) in [7, 11) is 0. The number of aromatic nitrogens is 1. The van der Waals surface area contributed by atoms with Gasteiger partial charge in [0.25, 0.3) is 0 Å². The molecule has 2 heterocycles. The van der Waals surface area contributed by atoms with Crippen molar-refractivity contribution in [2.24, 2.45) is 11.3 Å². The Morgan fingerprint density at radius 2 is 1.78 bits per heavy atom. The van der Waals surface area contributed by atoms with Crippen LogP contribution in [0.5, 0.6) is 5.88 Å². The second kappa shape index (κ2) is 7.61. The van der Waals surface area contributed by atoms with Gasteiger partial charge < -0.3 is 15.2 Å². The first kappa shape index (κ1) is 19.8. The van der Waals surface area contributed by atoms with Crippen molar-refractivity contribution in [3.8, 4) is 5.88 Å². The number of nitrogens with one attached hydrogen (secondary N) is 1. The van der Waals surface area contributed by atoms with Crippen LogP contribution in [0.2, 0.25) is 0 Å². The SMILES string of the molecule is CC(C)COc1cc([C@@](O)(c2ccc(C(C)C)cc2)C2(C)CNC2)ccn1. The largest absolute Gasteiger partial charge is 0.477 e. The second-order valence-electron chi connectivity index (χ2n) is 8.74. The molecule has 0 radical (unpaired) electrons. The minimum Gasteiger partial charge on any atom is -0.477 e. The lowest BCUT2D eigenvalue weighted by molar-refractivity contribution is -0.0769. The Kier molecular flexibility index (Phi) is 5.59. The van der Waals surface area contributed by atoms with Crippen LogP contribution in [0.4, 0.5) is 0 Å². The molecule has 4 heteroatoms. The van der Waals surface area contributed by atoms with Crippen LogP contribution in [0.15, 0.2) is 42.6 Å². The topological polar surface area (TPSA) is 54.4 Å². The lowest BCUT2D eigenvalue weighted by Gasteiger charge is -2.52. The molecule has 1 aliphatic rings. The van der Waals surface area contributed by atoms with E-state index in [1.165, 1.54) is 5.56 Å². The molecule has 2 N–H and O–H groups in total. The number of nitrogens with zero attached hydrogens (tertiary/aromatic N) is 1. The van der Waals surface area contributed by atoms with Gasteiger partial charge in [0.2, 0.25) is 5.88 Å². The molecule has 27 heavy (non-hydrogen) atoms. The Morgan fingerprint density at radius 3 is 2.30 bits per heavy atom. The standard InChI is InChI=1S/C23H32N2O2/c1-16(2)13-27-21-12-20(10-11-25-21)23(26,22(5)14-24-15-22)19-8-6-18(7-9-19)17(3)4/h6-12,16-17,24,26H,13-15H2,1-5H3/t23-/m0/s1. The predicted octanol–water partition coefficient (Wildman–Crippen LogP) is 4.09. The Balaban J connectivity index is 2.02. The number of hydrogen-bond donors (Lipinski definition) is 2. The molecule has 1 fully saturated rings. The van der Waals surface area contributed by atoms with Crippen LogP contribution in [0.25, 0.3) is 0 Å². The van der Waals surface area contributed by atoms with Gasteiger partial charge in [0.1, 0.15) is 5.60 Å². The van der Waals surface area contributed by atoms with Crippen LogP contribution in [-0.4, -0.2) is 29.8 Å². The van der Waals surface area contributed by atoms with Crippen molar-refractivity contribution in [3.63, 3.8) is 0 Å². The van der Waals surface area contributed by atoms with Crippen LogP contribution < -0.4 is 10.1 Å². The van der Waals surface area contributed by atoms with E-state index in [0.717, 1.165) is 24.2 Å². The van der Waals surface area contributed by atoms with E-state index in [9.17, 15) is 5.11 Å². The van der Waals surface area contributed by atoms with Gasteiger partial charge in [0.05, 0.1) is 6.61 Å². The summed E-state index contributed by atoms with van der Waals surface area (Å²) in [5.41, 5.74) is 1.62. The minimum atomic E-state index is -1.10. The van der Waals surface area contributed by atoms with E-state index in [-0.39, 0.29) is 5.41 Å². The number of aliphatic hydroxyl groups is 1. The molecule has 1 saturated heterocycles. The van der Waals surface area contributed by atoms with Gasteiger partial charge in [-0.3, -0.25) is 0 Å². The van der Waals surface area contributed by atoms with E-state index >= 15 is 0 Å². The predicted molar refractivity (Wildman–Crippen MR) is 109 cm³/mol. The zero-order valence-electron chi connectivity index (χ0n) is 17.1. The average molecular weight is 369 g/mol. The van der Waals surface area contributed by atoms with Crippen LogP contribution in [0, 0.1) is 11.3 Å². The first-order chi connectivity index (χ1) is 12.8. The van der Waals surface area contributed by atoms with E-state index in [1.807, 2.05) is 12.1 Å². The fourth-order valence-electron chi connectivity index (χ4n) is 3.69. The molecule has 146 valence electrons. The summed E-state index contributed by atoms with van der Waals surface area (Å²) in [6, 6.07) is 12.2. The van der Waals surface area contributed by atoms with Crippen LogP contribution >= 0.6 is 0 Å². The number of ether oxygens (including phenoxy) is 1. The molecule has 0 spiro atoms. The normalized spacial score (nSPS) is 18.2. The van der Waals surface area contributed by atoms with E-state index in [0.29, 0.717) is 24.3 Å². The number of pyridine rings is 1. The number of rotatable bonds is 7. The molecule has 3 rings (SSSR count). The van der Waals surface area contributed by atoms with Crippen LogP contribution in [-0.2, 0) is 5.60 Å². The molecule has 1 atom stereocenters. The summed E-state index contributed by atoms with van der Waals surface area (Å²) in [5.74, 6) is 1.45. The quantitative estimate of drug-likeness (QED) is 0.773. The Hall–Kier alpha value is -1.91. The van der Waals surface area contributed by atoms with Gasteiger partial charge in [-0.15, -0.1) is 0 Å². The first-order valence-electron chi connectivity index (χ1n) is 9.89. The third-order valence-electron chi connectivity index (χ3n) is 5.62. The highest BCUT2D eigenvalue weighted by Gasteiger charge is 2.53. The monoisotopic (exact) mass is 368 g/mol. The van der Waals surface area contributed by atoms with Crippen molar-refractivity contribution in [2.75, 3.05) is 19.7 Å². The molecule has 1 aromatic heterocycles. The Morgan fingerprint density at radius 1 is 1.11 bits per heavy atom. The summed E-state index contributed by atoms with van der Waals surface area (Å²) < 4.78 is 5.82. The summed E-state index contributed by atoms with van der Waals surface area (Å²) in [5, 5.41) is 15.4. The van der Waals surface area contributed by atoms with Crippen LogP contribution in [0.3, 0.4) is 0 Å². The van der Waals surface area contributed by atoms with Crippen molar-refractivity contribution in [3.05, 3.63) is 59.3 Å². The Bertz CT molecular complexity index is 766. The van der Waals surface area contributed by atoms with E-state index < -0.39 is 5.60 Å². The molecule has 0 bridgehead atoms. The van der Waals surface area contributed by atoms with Gasteiger partial charge in [-0.2, -0.15) is 0 Å². The molecule has 1 aromatic carbocycles. The van der Waals surface area contributed by atoms with Crippen molar-refractivity contribution < 1.29 is 9.84 Å². The molecule has 0 unspecified atom stereocenters. The van der Waals surface area contributed by atoms with Gasteiger partial charge in [0.15, 0.2) is 0 Å². The smallest absolute Gasteiger partial charge is 0.213 e. The number of hydrogen-bond acceptors (Lipinski definition) is 4. The third-order valence-corrected chi connectivity index (χ3v) is 5.62. The molecule has 2 aromatic rings. The number of benzene rings is 1. The van der Waals surface area contributed by atoms with Gasteiger partial charge in [-0.1, -0.05) is 58.9 Å². The minimum absolute atomic E-state index is 0.289. The van der Waals surface area contributed by atoms with Gasteiger partial charge in [-0.05, 0) is 34.6 Å². The molecular formula is C23H32N2O2. The molecule has 1 aliphatic heterocycles. The highest BCUT2D eigenvalue weighted by molar-refractivity contribution is 5.42. The maximum Gasteiger partial charge on any atom is 0.213 e. The molecule has 0 amide bonds. The van der Waals surface area contributed by atoms with E-state index in [4.69, 9.17) is 4.74 Å². The third kappa shape index (κ3) is 3.74. The Labute approximate surface area is 163 Å². The zero-order valence-corrected chi connectivity index (χ0v) is 17.1. The average Bonchev–Trinajstić information content (AvgIpc) is 2.64. The highest BCUT2D eigenvalue weighted by Crippen LogP contribution is 2.48. The van der Waals surface area contributed by atoms with Crippen molar-refractivity contribution >= 4 is 0 Å². The lowest BCUT2D eigenvalue weighted by atomic mass is 9.63. The summed E-state index contributed by atoms with van der Waals surface area (Å²) in [6.45, 7) is 12.8.